The Morgan fingerprint density at radius 3 is 2.57 bits per heavy atom. The van der Waals surface area contributed by atoms with Crippen molar-refractivity contribution in [2.24, 2.45) is 5.10 Å². The highest BCUT2D eigenvalue weighted by atomic mass is 19.1. The van der Waals surface area contributed by atoms with Crippen LogP contribution in [0.4, 0.5) is 4.39 Å². The molecule has 3 aromatic rings. The van der Waals surface area contributed by atoms with Crippen LogP contribution in [0.25, 0.3) is 10.9 Å². The minimum atomic E-state index is -0.346. The van der Waals surface area contributed by atoms with Gasteiger partial charge in [0.05, 0.1) is 12.3 Å². The Morgan fingerprint density at radius 2 is 1.86 bits per heavy atom. The Balaban J connectivity index is 1.86. The summed E-state index contributed by atoms with van der Waals surface area (Å²) in [6.07, 6.45) is 0. The number of rotatable bonds is 3. The van der Waals surface area contributed by atoms with Crippen molar-refractivity contribution < 1.29 is 14.0 Å². The van der Waals surface area contributed by atoms with Gasteiger partial charge in [0.2, 0.25) is 5.91 Å². The van der Waals surface area contributed by atoms with Crippen LogP contribution in [-0.4, -0.2) is 52.6 Å². The number of benzene rings is 2. The molecule has 0 N–H and O–H groups in total. The van der Waals surface area contributed by atoms with Crippen molar-refractivity contribution in [2.75, 3.05) is 20.6 Å². The number of carbonyl (C=O) groups is 2. The van der Waals surface area contributed by atoms with Gasteiger partial charge in [-0.25, -0.2) is 9.40 Å². The van der Waals surface area contributed by atoms with E-state index < -0.39 is 0 Å². The molecule has 2 aromatic carbocycles. The van der Waals surface area contributed by atoms with E-state index >= 15 is 0 Å². The normalized spacial score (nSPS) is 13.9. The van der Waals surface area contributed by atoms with E-state index in [4.69, 9.17) is 0 Å². The molecule has 4 rings (SSSR count). The fourth-order valence-corrected chi connectivity index (χ4v) is 3.23. The summed E-state index contributed by atoms with van der Waals surface area (Å²) in [6, 6.07) is 15.5. The first-order valence-corrected chi connectivity index (χ1v) is 8.88. The van der Waals surface area contributed by atoms with E-state index in [1.54, 1.807) is 26.2 Å². The molecule has 0 saturated carbocycles. The largest absolute Gasteiger partial charge is 0.347 e. The van der Waals surface area contributed by atoms with Crippen LogP contribution in [0.1, 0.15) is 16.1 Å². The first-order chi connectivity index (χ1) is 13.4. The Morgan fingerprint density at radius 1 is 1.14 bits per heavy atom. The van der Waals surface area contributed by atoms with Gasteiger partial charge in [0.25, 0.3) is 5.91 Å². The van der Waals surface area contributed by atoms with E-state index in [0.717, 1.165) is 10.9 Å². The molecule has 142 valence electrons. The molecule has 0 unspecified atom stereocenters. The first kappa shape index (κ1) is 17.9. The van der Waals surface area contributed by atoms with Crippen LogP contribution in [0.2, 0.25) is 0 Å². The number of likely N-dealkylation sites (N-methyl/N-ethyl adjacent to an activating group) is 1. The summed E-state index contributed by atoms with van der Waals surface area (Å²) >= 11 is 0. The molecule has 1 aliphatic heterocycles. The molecular weight excluding hydrogens is 359 g/mol. The summed E-state index contributed by atoms with van der Waals surface area (Å²) in [7, 11) is 3.26. The van der Waals surface area contributed by atoms with Gasteiger partial charge in [0.1, 0.15) is 18.1 Å². The lowest BCUT2D eigenvalue weighted by atomic mass is 10.1. The number of hydrazone groups is 1. The number of hydrogen-bond donors (Lipinski definition) is 0. The average Bonchev–Trinajstić information content (AvgIpc) is 2.99. The highest BCUT2D eigenvalue weighted by Crippen LogP contribution is 2.24. The summed E-state index contributed by atoms with van der Waals surface area (Å²) in [6.45, 7) is 0.172. The lowest BCUT2D eigenvalue weighted by molar-refractivity contribution is -0.129. The van der Waals surface area contributed by atoms with Crippen molar-refractivity contribution in [3.8, 4) is 0 Å². The number of halogens is 1. The van der Waals surface area contributed by atoms with Crippen molar-refractivity contribution in [2.45, 2.75) is 6.54 Å². The smallest absolute Gasteiger partial charge is 0.291 e. The molecule has 0 fully saturated rings. The molecule has 2 heterocycles. The highest BCUT2D eigenvalue weighted by Gasteiger charge is 2.28. The molecule has 0 aliphatic carbocycles. The topological polar surface area (TPSA) is 57.9 Å². The molecule has 2 amide bonds. The minimum Gasteiger partial charge on any atom is -0.347 e. The second kappa shape index (κ2) is 6.92. The van der Waals surface area contributed by atoms with Gasteiger partial charge in [-0.05, 0) is 29.8 Å². The summed E-state index contributed by atoms with van der Waals surface area (Å²) in [5.74, 6) is -0.926. The fourth-order valence-electron chi connectivity index (χ4n) is 3.23. The van der Waals surface area contributed by atoms with Gasteiger partial charge in [0.15, 0.2) is 0 Å². The number of amides is 2. The van der Waals surface area contributed by atoms with E-state index in [1.165, 1.54) is 22.0 Å². The van der Waals surface area contributed by atoms with E-state index in [-0.39, 0.29) is 24.2 Å². The van der Waals surface area contributed by atoms with Crippen molar-refractivity contribution in [3.05, 3.63) is 71.7 Å². The lowest BCUT2D eigenvalue weighted by Gasteiger charge is -2.18. The minimum absolute atomic E-state index is 0.169. The number of aromatic nitrogens is 1. The second-order valence-corrected chi connectivity index (χ2v) is 6.88. The van der Waals surface area contributed by atoms with E-state index in [2.05, 4.69) is 5.10 Å². The van der Waals surface area contributed by atoms with Gasteiger partial charge in [-0.3, -0.25) is 9.59 Å². The van der Waals surface area contributed by atoms with Crippen LogP contribution in [-0.2, 0) is 11.3 Å². The molecule has 0 bridgehead atoms. The van der Waals surface area contributed by atoms with Crippen LogP contribution in [0.5, 0.6) is 0 Å². The van der Waals surface area contributed by atoms with Crippen LogP contribution >= 0.6 is 0 Å². The van der Waals surface area contributed by atoms with Crippen molar-refractivity contribution in [1.29, 1.82) is 0 Å². The number of hydrogen-bond acceptors (Lipinski definition) is 3. The van der Waals surface area contributed by atoms with Gasteiger partial charge in [0, 0.05) is 25.0 Å². The van der Waals surface area contributed by atoms with Crippen LogP contribution < -0.4 is 0 Å². The molecule has 0 saturated heterocycles. The van der Waals surface area contributed by atoms with Crippen molar-refractivity contribution in [3.63, 3.8) is 0 Å². The third kappa shape index (κ3) is 3.15. The van der Waals surface area contributed by atoms with E-state index in [0.29, 0.717) is 23.5 Å². The summed E-state index contributed by atoms with van der Waals surface area (Å²) in [4.78, 5) is 26.8. The monoisotopic (exact) mass is 378 g/mol. The summed E-state index contributed by atoms with van der Waals surface area (Å²) < 4.78 is 15.3. The van der Waals surface area contributed by atoms with Crippen LogP contribution in [0, 0.1) is 5.82 Å². The maximum absolute atomic E-state index is 13.4. The lowest BCUT2D eigenvalue weighted by Crippen LogP contribution is -2.37. The zero-order valence-electron chi connectivity index (χ0n) is 15.6. The standard InChI is InChI=1S/C21H19FN4O2/c1-24(2)20(27)13-26-21(28)19-11-15-5-3-4-6-18(15)25(19)12-17(23-26)14-7-9-16(22)10-8-14/h3-11H,12-13H2,1-2H3. The maximum Gasteiger partial charge on any atom is 0.291 e. The third-order valence-electron chi connectivity index (χ3n) is 4.77. The predicted molar refractivity (Wildman–Crippen MR) is 105 cm³/mol. The SMILES string of the molecule is CN(C)C(=O)CN1N=C(c2ccc(F)cc2)Cn2c(cc3ccccc32)C1=O. The Hall–Kier alpha value is -3.48. The molecular formula is C21H19FN4O2. The average molecular weight is 378 g/mol. The highest BCUT2D eigenvalue weighted by molar-refractivity contribution is 6.07. The van der Waals surface area contributed by atoms with Gasteiger partial charge < -0.3 is 9.47 Å². The fraction of sp³-hybridized carbons (Fsp3) is 0.190. The maximum atomic E-state index is 13.4. The summed E-state index contributed by atoms with van der Waals surface area (Å²) in [5.41, 5.74) is 2.65. The number of nitrogens with zero attached hydrogens (tertiary/aromatic N) is 4. The quantitative estimate of drug-likeness (QED) is 0.704. The molecule has 1 aromatic heterocycles. The van der Waals surface area contributed by atoms with Gasteiger partial charge in [-0.15, -0.1) is 0 Å². The Kier molecular flexibility index (Phi) is 4.43. The van der Waals surface area contributed by atoms with Crippen molar-refractivity contribution >= 4 is 28.4 Å². The number of fused-ring (bicyclic) bond motifs is 3. The van der Waals surface area contributed by atoms with Crippen LogP contribution in [0.3, 0.4) is 0 Å². The van der Waals surface area contributed by atoms with Gasteiger partial charge >= 0.3 is 0 Å². The Labute approximate surface area is 161 Å². The van der Waals surface area contributed by atoms with Gasteiger partial charge in [-0.1, -0.05) is 30.3 Å². The van der Waals surface area contributed by atoms with Crippen molar-refractivity contribution in [1.82, 2.24) is 14.5 Å². The molecule has 7 heteroatoms. The molecule has 28 heavy (non-hydrogen) atoms. The molecule has 0 spiro atoms. The summed E-state index contributed by atoms with van der Waals surface area (Å²) in [5, 5.41) is 6.61. The second-order valence-electron chi connectivity index (χ2n) is 6.88. The molecule has 1 aliphatic rings. The predicted octanol–water partition coefficient (Wildman–Crippen LogP) is 2.73. The van der Waals surface area contributed by atoms with Gasteiger partial charge in [-0.2, -0.15) is 5.10 Å². The van der Waals surface area contributed by atoms with Crippen LogP contribution in [0.15, 0.2) is 59.7 Å². The number of carbonyl (C=O) groups excluding carboxylic acids is 2. The molecule has 0 radical (unpaired) electrons. The third-order valence-corrected chi connectivity index (χ3v) is 4.77. The van der Waals surface area contributed by atoms with E-state index in [1.807, 2.05) is 34.9 Å². The number of para-hydroxylation sites is 1. The molecule has 6 nitrogen and oxygen atoms in total. The first-order valence-electron chi connectivity index (χ1n) is 8.88. The Bertz CT molecular complexity index is 1100. The zero-order chi connectivity index (χ0) is 19.8. The zero-order valence-corrected chi connectivity index (χ0v) is 15.6. The molecule has 0 atom stereocenters. The van der Waals surface area contributed by atoms with E-state index in [9.17, 15) is 14.0 Å².